The Hall–Kier alpha value is -2.60. The standard InChI is InChI=1S/C18H18ClN3O3/c1-11-3-4-13(19)16(9-11)25-12(2)18(24)22-8-6-17(23)21-14-5-7-20-10-15(14)22/h3-5,7,9-10,12H,6,8H2,1-2H3,(H,21,23). The molecule has 3 rings (SSSR count). The number of fused-ring (bicyclic) bond motifs is 1. The smallest absolute Gasteiger partial charge is 0.267 e. The van der Waals surface area contributed by atoms with Gasteiger partial charge < -0.3 is 15.0 Å². The minimum absolute atomic E-state index is 0.141. The second kappa shape index (κ2) is 7.11. The van der Waals surface area contributed by atoms with Crippen molar-refractivity contribution >= 4 is 34.8 Å². The number of aryl methyl sites for hydroxylation is 1. The highest BCUT2D eigenvalue weighted by molar-refractivity contribution is 6.32. The van der Waals surface area contributed by atoms with E-state index in [4.69, 9.17) is 16.3 Å². The number of nitrogens with zero attached hydrogens (tertiary/aromatic N) is 2. The molecule has 0 aliphatic carbocycles. The van der Waals surface area contributed by atoms with Crippen molar-refractivity contribution in [3.63, 3.8) is 0 Å². The molecule has 130 valence electrons. The van der Waals surface area contributed by atoms with Gasteiger partial charge in [0.05, 0.1) is 22.6 Å². The fourth-order valence-electron chi connectivity index (χ4n) is 2.64. The Bertz CT molecular complexity index is 825. The molecule has 1 atom stereocenters. The Labute approximate surface area is 150 Å². The van der Waals surface area contributed by atoms with Gasteiger partial charge >= 0.3 is 0 Å². The molecule has 1 aliphatic rings. The number of amides is 2. The molecule has 0 radical (unpaired) electrons. The van der Waals surface area contributed by atoms with Crippen LogP contribution in [-0.2, 0) is 9.59 Å². The minimum Gasteiger partial charge on any atom is -0.479 e. The van der Waals surface area contributed by atoms with Gasteiger partial charge in [-0.15, -0.1) is 0 Å². The zero-order valence-electron chi connectivity index (χ0n) is 14.0. The minimum atomic E-state index is -0.763. The zero-order chi connectivity index (χ0) is 18.0. The van der Waals surface area contributed by atoms with E-state index in [1.165, 1.54) is 4.90 Å². The molecule has 1 aliphatic heterocycles. The van der Waals surface area contributed by atoms with Crippen LogP contribution in [0.5, 0.6) is 5.75 Å². The van der Waals surface area contributed by atoms with E-state index in [1.54, 1.807) is 37.5 Å². The molecule has 2 aromatic rings. The number of ether oxygens (including phenoxy) is 1. The first-order chi connectivity index (χ1) is 12.0. The summed E-state index contributed by atoms with van der Waals surface area (Å²) in [6.07, 6.45) is 2.57. The number of benzene rings is 1. The highest BCUT2D eigenvalue weighted by atomic mass is 35.5. The van der Waals surface area contributed by atoms with Crippen molar-refractivity contribution in [3.05, 3.63) is 47.2 Å². The molecule has 0 bridgehead atoms. The number of hydrogen-bond acceptors (Lipinski definition) is 4. The maximum atomic E-state index is 12.9. The van der Waals surface area contributed by atoms with Gasteiger partial charge in [-0.05, 0) is 37.6 Å². The van der Waals surface area contributed by atoms with Gasteiger partial charge in [-0.25, -0.2) is 0 Å². The lowest BCUT2D eigenvalue weighted by Crippen LogP contribution is -2.41. The van der Waals surface area contributed by atoms with Crippen molar-refractivity contribution in [1.29, 1.82) is 0 Å². The van der Waals surface area contributed by atoms with Crippen LogP contribution < -0.4 is 15.0 Å². The maximum Gasteiger partial charge on any atom is 0.267 e. The average Bonchev–Trinajstić information content (AvgIpc) is 2.75. The van der Waals surface area contributed by atoms with Crippen molar-refractivity contribution < 1.29 is 14.3 Å². The predicted octanol–water partition coefficient (Wildman–Crippen LogP) is 3.19. The van der Waals surface area contributed by atoms with Crippen LogP contribution in [0.2, 0.25) is 5.02 Å². The van der Waals surface area contributed by atoms with Crippen LogP contribution in [0.15, 0.2) is 36.7 Å². The van der Waals surface area contributed by atoms with E-state index < -0.39 is 6.10 Å². The molecule has 2 amide bonds. The van der Waals surface area contributed by atoms with Gasteiger partial charge in [0, 0.05) is 19.2 Å². The summed E-state index contributed by atoms with van der Waals surface area (Å²) in [6, 6.07) is 7.06. The number of aromatic nitrogens is 1. The topological polar surface area (TPSA) is 71.5 Å². The number of carbonyl (C=O) groups excluding carboxylic acids is 2. The van der Waals surface area contributed by atoms with Gasteiger partial charge in [-0.2, -0.15) is 0 Å². The van der Waals surface area contributed by atoms with E-state index in [-0.39, 0.29) is 24.8 Å². The lowest BCUT2D eigenvalue weighted by molar-refractivity contribution is -0.124. The molecule has 1 aromatic heterocycles. The van der Waals surface area contributed by atoms with Crippen molar-refractivity contribution in [3.8, 4) is 5.75 Å². The molecule has 1 unspecified atom stereocenters. The molecular formula is C18H18ClN3O3. The Morgan fingerprint density at radius 1 is 1.40 bits per heavy atom. The Morgan fingerprint density at radius 2 is 2.20 bits per heavy atom. The summed E-state index contributed by atoms with van der Waals surface area (Å²) < 4.78 is 5.77. The lowest BCUT2D eigenvalue weighted by Gasteiger charge is -2.25. The van der Waals surface area contributed by atoms with Gasteiger partial charge in [-0.1, -0.05) is 17.7 Å². The highest BCUT2D eigenvalue weighted by Gasteiger charge is 2.28. The predicted molar refractivity (Wildman–Crippen MR) is 96.1 cm³/mol. The van der Waals surface area contributed by atoms with Crippen LogP contribution in [0.3, 0.4) is 0 Å². The Kier molecular flexibility index (Phi) is 4.90. The van der Waals surface area contributed by atoms with E-state index >= 15 is 0 Å². The summed E-state index contributed by atoms with van der Waals surface area (Å²) in [7, 11) is 0. The number of nitrogens with one attached hydrogen (secondary N) is 1. The van der Waals surface area contributed by atoms with Gasteiger partial charge in [-0.3, -0.25) is 14.6 Å². The summed E-state index contributed by atoms with van der Waals surface area (Å²) in [5.41, 5.74) is 2.11. The van der Waals surface area contributed by atoms with Crippen LogP contribution in [0, 0.1) is 6.92 Å². The Balaban J connectivity index is 1.84. The molecule has 0 spiro atoms. The van der Waals surface area contributed by atoms with Crippen LogP contribution in [-0.4, -0.2) is 29.4 Å². The molecule has 1 N–H and O–H groups in total. The lowest BCUT2D eigenvalue weighted by atomic mass is 10.2. The van der Waals surface area contributed by atoms with Gasteiger partial charge in [0.2, 0.25) is 5.91 Å². The molecule has 1 aromatic carbocycles. The number of pyridine rings is 1. The SMILES string of the molecule is Cc1ccc(Cl)c(OC(C)C(=O)N2CCC(=O)Nc3ccncc32)c1. The van der Waals surface area contributed by atoms with Crippen LogP contribution in [0.1, 0.15) is 18.9 Å². The van der Waals surface area contributed by atoms with E-state index in [0.29, 0.717) is 22.1 Å². The summed E-state index contributed by atoms with van der Waals surface area (Å²) >= 11 is 6.14. The first-order valence-electron chi connectivity index (χ1n) is 7.94. The first kappa shape index (κ1) is 17.2. The van der Waals surface area contributed by atoms with Crippen LogP contribution in [0.25, 0.3) is 0 Å². The second-order valence-electron chi connectivity index (χ2n) is 5.87. The molecule has 0 saturated heterocycles. The molecule has 0 fully saturated rings. The third-order valence-corrected chi connectivity index (χ3v) is 4.24. The fraction of sp³-hybridized carbons (Fsp3) is 0.278. The maximum absolute atomic E-state index is 12.9. The third kappa shape index (κ3) is 3.74. The summed E-state index contributed by atoms with van der Waals surface area (Å²) in [5, 5.41) is 3.22. The number of carbonyl (C=O) groups is 2. The van der Waals surface area contributed by atoms with Gasteiger partial charge in [0.1, 0.15) is 5.75 Å². The van der Waals surface area contributed by atoms with E-state index in [2.05, 4.69) is 10.3 Å². The number of halogens is 1. The highest BCUT2D eigenvalue weighted by Crippen LogP contribution is 2.30. The van der Waals surface area contributed by atoms with E-state index in [0.717, 1.165) is 5.56 Å². The number of rotatable bonds is 3. The normalized spacial score (nSPS) is 15.0. The quantitative estimate of drug-likeness (QED) is 0.913. The molecule has 0 saturated carbocycles. The summed E-state index contributed by atoms with van der Waals surface area (Å²) in [5.74, 6) is 0.0549. The zero-order valence-corrected chi connectivity index (χ0v) is 14.7. The fourth-order valence-corrected chi connectivity index (χ4v) is 2.81. The van der Waals surface area contributed by atoms with Crippen molar-refractivity contribution in [2.45, 2.75) is 26.4 Å². The van der Waals surface area contributed by atoms with Crippen molar-refractivity contribution in [2.75, 3.05) is 16.8 Å². The number of hydrogen-bond donors (Lipinski definition) is 1. The van der Waals surface area contributed by atoms with E-state index in [1.807, 2.05) is 13.0 Å². The van der Waals surface area contributed by atoms with E-state index in [9.17, 15) is 9.59 Å². The summed E-state index contributed by atoms with van der Waals surface area (Å²) in [4.78, 5) is 30.3. The molecule has 6 nitrogen and oxygen atoms in total. The average molecular weight is 360 g/mol. The van der Waals surface area contributed by atoms with Crippen LogP contribution >= 0.6 is 11.6 Å². The van der Waals surface area contributed by atoms with Crippen molar-refractivity contribution in [2.24, 2.45) is 0 Å². The second-order valence-corrected chi connectivity index (χ2v) is 6.28. The molecule has 2 heterocycles. The Morgan fingerprint density at radius 3 is 3.00 bits per heavy atom. The molecule has 7 heteroatoms. The third-order valence-electron chi connectivity index (χ3n) is 3.93. The van der Waals surface area contributed by atoms with Crippen LogP contribution in [0.4, 0.5) is 11.4 Å². The van der Waals surface area contributed by atoms with Crippen molar-refractivity contribution in [1.82, 2.24) is 4.98 Å². The molecular weight excluding hydrogens is 342 g/mol. The summed E-state index contributed by atoms with van der Waals surface area (Å²) in [6.45, 7) is 3.85. The number of anilines is 2. The molecule has 25 heavy (non-hydrogen) atoms. The monoisotopic (exact) mass is 359 g/mol. The largest absolute Gasteiger partial charge is 0.479 e. The first-order valence-corrected chi connectivity index (χ1v) is 8.31. The van der Waals surface area contributed by atoms with Gasteiger partial charge in [0.25, 0.3) is 5.91 Å². The van der Waals surface area contributed by atoms with Gasteiger partial charge in [0.15, 0.2) is 6.10 Å².